The minimum absolute atomic E-state index is 0.236. The molecule has 0 fully saturated rings. The number of hydrogen-bond acceptors (Lipinski definition) is 3. The minimum atomic E-state index is -0.388. The van der Waals surface area contributed by atoms with Crippen LogP contribution >= 0.6 is 12.2 Å². The topological polar surface area (TPSA) is 50.4 Å². The SMILES string of the molecule is COC(=O)c1ccccc1NC(=S)NC(C)C. The van der Waals surface area contributed by atoms with Crippen LogP contribution < -0.4 is 10.6 Å². The maximum absolute atomic E-state index is 11.5. The average molecular weight is 252 g/mol. The molecule has 0 radical (unpaired) electrons. The Bertz CT molecular complexity index is 419. The van der Waals surface area contributed by atoms with Crippen molar-refractivity contribution in [3.8, 4) is 0 Å². The molecule has 0 aliphatic carbocycles. The zero-order valence-corrected chi connectivity index (χ0v) is 10.9. The second-order valence-electron chi connectivity index (χ2n) is 3.79. The van der Waals surface area contributed by atoms with Crippen molar-refractivity contribution in [1.82, 2.24) is 5.32 Å². The summed E-state index contributed by atoms with van der Waals surface area (Å²) in [7, 11) is 1.35. The van der Waals surface area contributed by atoms with Gasteiger partial charge in [0.15, 0.2) is 5.11 Å². The molecular formula is C12H16N2O2S. The summed E-state index contributed by atoms with van der Waals surface area (Å²) in [5.74, 6) is -0.388. The summed E-state index contributed by atoms with van der Waals surface area (Å²) >= 11 is 5.12. The summed E-state index contributed by atoms with van der Waals surface area (Å²) in [4.78, 5) is 11.5. The number of para-hydroxylation sites is 1. The van der Waals surface area contributed by atoms with Crippen LogP contribution in [0.2, 0.25) is 0 Å². The normalized spacial score (nSPS) is 9.88. The van der Waals surface area contributed by atoms with Crippen molar-refractivity contribution < 1.29 is 9.53 Å². The molecule has 92 valence electrons. The molecule has 0 aliphatic heterocycles. The van der Waals surface area contributed by atoms with E-state index in [9.17, 15) is 4.79 Å². The lowest BCUT2D eigenvalue weighted by Gasteiger charge is -2.14. The fourth-order valence-electron chi connectivity index (χ4n) is 1.30. The molecule has 0 saturated carbocycles. The Morgan fingerprint density at radius 2 is 2.00 bits per heavy atom. The van der Waals surface area contributed by atoms with Gasteiger partial charge in [-0.15, -0.1) is 0 Å². The van der Waals surface area contributed by atoms with E-state index >= 15 is 0 Å². The van der Waals surface area contributed by atoms with Gasteiger partial charge in [-0.05, 0) is 38.2 Å². The highest BCUT2D eigenvalue weighted by atomic mass is 32.1. The molecule has 0 aromatic heterocycles. The van der Waals surface area contributed by atoms with Crippen molar-refractivity contribution in [2.45, 2.75) is 19.9 Å². The average Bonchev–Trinajstić information content (AvgIpc) is 2.27. The number of carbonyl (C=O) groups is 1. The predicted molar refractivity (Wildman–Crippen MR) is 72.3 cm³/mol. The Hall–Kier alpha value is -1.62. The molecule has 4 nitrogen and oxygen atoms in total. The molecule has 0 aliphatic rings. The summed E-state index contributed by atoms with van der Waals surface area (Å²) in [6.45, 7) is 3.97. The number of rotatable bonds is 3. The molecule has 0 unspecified atom stereocenters. The van der Waals surface area contributed by atoms with Crippen LogP contribution in [-0.4, -0.2) is 24.2 Å². The fourth-order valence-corrected chi connectivity index (χ4v) is 1.65. The van der Waals surface area contributed by atoms with Crippen LogP contribution in [0.3, 0.4) is 0 Å². The van der Waals surface area contributed by atoms with Gasteiger partial charge in [0.05, 0.1) is 18.4 Å². The van der Waals surface area contributed by atoms with Crippen LogP contribution in [0.5, 0.6) is 0 Å². The second-order valence-corrected chi connectivity index (χ2v) is 4.20. The van der Waals surface area contributed by atoms with Crippen LogP contribution in [0.15, 0.2) is 24.3 Å². The predicted octanol–water partition coefficient (Wildman–Crippen LogP) is 2.17. The lowest BCUT2D eigenvalue weighted by atomic mass is 10.2. The van der Waals surface area contributed by atoms with Crippen molar-refractivity contribution in [2.24, 2.45) is 0 Å². The van der Waals surface area contributed by atoms with E-state index in [0.29, 0.717) is 16.4 Å². The van der Waals surface area contributed by atoms with E-state index < -0.39 is 0 Å². The van der Waals surface area contributed by atoms with Gasteiger partial charge in [-0.1, -0.05) is 12.1 Å². The first kappa shape index (κ1) is 13.4. The number of esters is 1. The monoisotopic (exact) mass is 252 g/mol. The molecule has 2 N–H and O–H groups in total. The van der Waals surface area contributed by atoms with Crippen LogP contribution in [0, 0.1) is 0 Å². The number of thiocarbonyl (C=S) groups is 1. The number of methoxy groups -OCH3 is 1. The first-order chi connectivity index (χ1) is 8.04. The highest BCUT2D eigenvalue weighted by molar-refractivity contribution is 7.80. The highest BCUT2D eigenvalue weighted by Gasteiger charge is 2.11. The maximum atomic E-state index is 11.5. The van der Waals surface area contributed by atoms with Gasteiger partial charge in [0.25, 0.3) is 0 Å². The van der Waals surface area contributed by atoms with E-state index in [1.165, 1.54) is 7.11 Å². The fraction of sp³-hybridized carbons (Fsp3) is 0.333. The smallest absolute Gasteiger partial charge is 0.339 e. The lowest BCUT2D eigenvalue weighted by molar-refractivity contribution is 0.0602. The first-order valence-corrected chi connectivity index (χ1v) is 5.70. The Morgan fingerprint density at radius 3 is 2.59 bits per heavy atom. The molecule has 0 heterocycles. The third kappa shape index (κ3) is 4.03. The van der Waals surface area contributed by atoms with Gasteiger partial charge in [-0.3, -0.25) is 0 Å². The van der Waals surface area contributed by atoms with E-state index in [1.54, 1.807) is 18.2 Å². The molecule has 0 atom stereocenters. The van der Waals surface area contributed by atoms with Gasteiger partial charge in [-0.2, -0.15) is 0 Å². The molecule has 0 spiro atoms. The Kier molecular flexibility index (Phi) is 4.90. The molecule has 0 saturated heterocycles. The van der Waals surface area contributed by atoms with Gasteiger partial charge >= 0.3 is 5.97 Å². The molecule has 1 rings (SSSR count). The van der Waals surface area contributed by atoms with Gasteiger partial charge in [0.2, 0.25) is 0 Å². The zero-order chi connectivity index (χ0) is 12.8. The Labute approximate surface area is 106 Å². The van der Waals surface area contributed by atoms with E-state index in [2.05, 4.69) is 10.6 Å². The Balaban J connectivity index is 2.83. The molecule has 17 heavy (non-hydrogen) atoms. The van der Waals surface area contributed by atoms with Crippen molar-refractivity contribution >= 4 is 29.0 Å². The van der Waals surface area contributed by atoms with E-state index in [0.717, 1.165) is 0 Å². The van der Waals surface area contributed by atoms with Gasteiger partial charge in [0.1, 0.15) is 0 Å². The maximum Gasteiger partial charge on any atom is 0.339 e. The van der Waals surface area contributed by atoms with Gasteiger partial charge in [-0.25, -0.2) is 4.79 Å². The van der Waals surface area contributed by atoms with Crippen LogP contribution in [0.25, 0.3) is 0 Å². The number of benzene rings is 1. The van der Waals surface area contributed by atoms with Crippen molar-refractivity contribution in [1.29, 1.82) is 0 Å². The molecule has 0 amide bonds. The number of hydrogen-bond donors (Lipinski definition) is 2. The van der Waals surface area contributed by atoms with Gasteiger partial charge in [0, 0.05) is 6.04 Å². The third-order valence-electron chi connectivity index (χ3n) is 2.00. The van der Waals surface area contributed by atoms with Crippen molar-refractivity contribution in [2.75, 3.05) is 12.4 Å². The molecule has 0 bridgehead atoms. The Morgan fingerprint density at radius 1 is 1.35 bits per heavy atom. The quantitative estimate of drug-likeness (QED) is 0.638. The van der Waals surface area contributed by atoms with E-state index in [1.807, 2.05) is 19.9 Å². The van der Waals surface area contributed by atoms with Crippen molar-refractivity contribution in [3.05, 3.63) is 29.8 Å². The van der Waals surface area contributed by atoms with Crippen LogP contribution in [-0.2, 0) is 4.74 Å². The van der Waals surface area contributed by atoms with E-state index in [4.69, 9.17) is 17.0 Å². The summed E-state index contributed by atoms with van der Waals surface area (Å²) < 4.78 is 4.70. The molecule has 1 aromatic rings. The third-order valence-corrected chi connectivity index (χ3v) is 2.22. The standard InChI is InChI=1S/C12H16N2O2S/c1-8(2)13-12(17)14-10-7-5-4-6-9(10)11(15)16-3/h4-8H,1-3H3,(H2,13,14,17). The van der Waals surface area contributed by atoms with Crippen LogP contribution in [0.1, 0.15) is 24.2 Å². The van der Waals surface area contributed by atoms with Gasteiger partial charge < -0.3 is 15.4 Å². The zero-order valence-electron chi connectivity index (χ0n) is 10.1. The summed E-state index contributed by atoms with van der Waals surface area (Å²) in [5.41, 5.74) is 1.10. The van der Waals surface area contributed by atoms with Crippen LogP contribution in [0.4, 0.5) is 5.69 Å². The molecule has 5 heteroatoms. The second kappa shape index (κ2) is 6.20. The number of anilines is 1. The summed E-state index contributed by atoms with van der Waals surface area (Å²) in [5, 5.41) is 6.50. The number of ether oxygens (including phenoxy) is 1. The molecular weight excluding hydrogens is 236 g/mol. The largest absolute Gasteiger partial charge is 0.465 e. The number of nitrogens with one attached hydrogen (secondary N) is 2. The highest BCUT2D eigenvalue weighted by Crippen LogP contribution is 2.15. The van der Waals surface area contributed by atoms with E-state index in [-0.39, 0.29) is 12.0 Å². The summed E-state index contributed by atoms with van der Waals surface area (Å²) in [6, 6.07) is 7.30. The summed E-state index contributed by atoms with van der Waals surface area (Å²) in [6.07, 6.45) is 0. The van der Waals surface area contributed by atoms with Crippen molar-refractivity contribution in [3.63, 3.8) is 0 Å². The minimum Gasteiger partial charge on any atom is -0.465 e. The number of carbonyl (C=O) groups excluding carboxylic acids is 1. The molecule has 1 aromatic carbocycles. The lowest BCUT2D eigenvalue weighted by Crippen LogP contribution is -2.34. The first-order valence-electron chi connectivity index (χ1n) is 5.29.